The summed E-state index contributed by atoms with van der Waals surface area (Å²) in [5, 5.41) is 3.35. The van der Waals surface area contributed by atoms with E-state index >= 15 is 0 Å². The molecule has 1 aliphatic rings. The van der Waals surface area contributed by atoms with E-state index in [1.54, 1.807) is 0 Å². The van der Waals surface area contributed by atoms with E-state index in [-0.39, 0.29) is 11.9 Å². The number of nitrogens with zero attached hydrogens (tertiary/aromatic N) is 2. The molecule has 1 unspecified atom stereocenters. The topological polar surface area (TPSA) is 35.6 Å². The van der Waals surface area contributed by atoms with E-state index in [1.165, 1.54) is 5.56 Å². The zero-order valence-electron chi connectivity index (χ0n) is 12.7. The van der Waals surface area contributed by atoms with Crippen molar-refractivity contribution in [2.24, 2.45) is 0 Å². The van der Waals surface area contributed by atoms with Crippen LogP contribution >= 0.6 is 0 Å². The quantitative estimate of drug-likeness (QED) is 0.904. The van der Waals surface area contributed by atoms with Crippen LogP contribution in [0.1, 0.15) is 25.5 Å². The van der Waals surface area contributed by atoms with Crippen LogP contribution in [0.25, 0.3) is 0 Å². The molecule has 0 aliphatic carbocycles. The standard InChI is InChI=1S/C16H25N3O/c1-13-11-17-9-10-19(13)12-16(20)18(3)14(2)15-7-5-4-6-8-15/h4-8,13-14,17H,9-12H2,1-3H3/t13-,14?/m0/s1. The highest BCUT2D eigenvalue weighted by Gasteiger charge is 2.24. The van der Waals surface area contributed by atoms with Gasteiger partial charge in [0.25, 0.3) is 0 Å². The van der Waals surface area contributed by atoms with Crippen molar-refractivity contribution in [3.8, 4) is 0 Å². The van der Waals surface area contributed by atoms with Crippen LogP contribution in [-0.2, 0) is 4.79 Å². The molecule has 0 aromatic heterocycles. The zero-order valence-corrected chi connectivity index (χ0v) is 12.7. The van der Waals surface area contributed by atoms with Gasteiger partial charge in [-0.15, -0.1) is 0 Å². The smallest absolute Gasteiger partial charge is 0.237 e. The first kappa shape index (κ1) is 15.0. The van der Waals surface area contributed by atoms with E-state index in [0.29, 0.717) is 12.6 Å². The molecule has 0 radical (unpaired) electrons. The molecule has 0 spiro atoms. The summed E-state index contributed by atoms with van der Waals surface area (Å²) in [5.41, 5.74) is 1.18. The molecule has 1 heterocycles. The van der Waals surface area contributed by atoms with E-state index in [2.05, 4.69) is 36.2 Å². The summed E-state index contributed by atoms with van der Waals surface area (Å²) in [6.45, 7) is 7.63. The van der Waals surface area contributed by atoms with E-state index in [1.807, 2.05) is 30.1 Å². The fourth-order valence-corrected chi connectivity index (χ4v) is 2.57. The van der Waals surface area contributed by atoms with Gasteiger partial charge in [0.05, 0.1) is 12.6 Å². The minimum Gasteiger partial charge on any atom is -0.338 e. The second kappa shape index (κ2) is 6.86. The average molecular weight is 275 g/mol. The van der Waals surface area contributed by atoms with Crippen LogP contribution in [0.3, 0.4) is 0 Å². The van der Waals surface area contributed by atoms with Gasteiger partial charge in [0, 0.05) is 32.7 Å². The van der Waals surface area contributed by atoms with Gasteiger partial charge < -0.3 is 10.2 Å². The van der Waals surface area contributed by atoms with Crippen LogP contribution in [0, 0.1) is 0 Å². The van der Waals surface area contributed by atoms with Crippen LogP contribution < -0.4 is 5.32 Å². The number of carbonyl (C=O) groups excluding carboxylic acids is 1. The molecule has 1 aromatic carbocycles. The van der Waals surface area contributed by atoms with Gasteiger partial charge in [-0.3, -0.25) is 9.69 Å². The second-order valence-corrected chi connectivity index (χ2v) is 5.61. The van der Waals surface area contributed by atoms with Crippen LogP contribution in [-0.4, -0.2) is 55.0 Å². The largest absolute Gasteiger partial charge is 0.338 e. The Hall–Kier alpha value is -1.39. The van der Waals surface area contributed by atoms with E-state index < -0.39 is 0 Å². The maximum absolute atomic E-state index is 12.4. The zero-order chi connectivity index (χ0) is 14.5. The molecular weight excluding hydrogens is 250 g/mol. The predicted molar refractivity (Wildman–Crippen MR) is 81.5 cm³/mol. The molecule has 0 bridgehead atoms. The Kier molecular flexibility index (Phi) is 5.15. The molecule has 1 fully saturated rings. The molecule has 2 atom stereocenters. The molecule has 20 heavy (non-hydrogen) atoms. The lowest BCUT2D eigenvalue weighted by Crippen LogP contribution is -2.53. The molecule has 4 heteroatoms. The fourth-order valence-electron chi connectivity index (χ4n) is 2.57. The van der Waals surface area contributed by atoms with Gasteiger partial charge in [-0.05, 0) is 19.4 Å². The monoisotopic (exact) mass is 275 g/mol. The van der Waals surface area contributed by atoms with Crippen LogP contribution in [0.15, 0.2) is 30.3 Å². The molecule has 1 aliphatic heterocycles. The number of nitrogens with one attached hydrogen (secondary N) is 1. The average Bonchev–Trinajstić information content (AvgIpc) is 2.49. The third-order valence-electron chi connectivity index (χ3n) is 4.23. The van der Waals surface area contributed by atoms with Crippen LogP contribution in [0.2, 0.25) is 0 Å². The van der Waals surface area contributed by atoms with Crippen molar-refractivity contribution in [1.29, 1.82) is 0 Å². The fraction of sp³-hybridized carbons (Fsp3) is 0.562. The lowest BCUT2D eigenvalue weighted by atomic mass is 10.1. The highest BCUT2D eigenvalue weighted by atomic mass is 16.2. The van der Waals surface area contributed by atoms with Crippen molar-refractivity contribution >= 4 is 5.91 Å². The highest BCUT2D eigenvalue weighted by Crippen LogP contribution is 2.18. The third-order valence-corrected chi connectivity index (χ3v) is 4.23. The van der Waals surface area contributed by atoms with Gasteiger partial charge in [-0.1, -0.05) is 30.3 Å². The van der Waals surface area contributed by atoms with Gasteiger partial charge >= 0.3 is 0 Å². The number of hydrogen-bond donors (Lipinski definition) is 1. The first-order valence-electron chi connectivity index (χ1n) is 7.35. The van der Waals surface area contributed by atoms with Crippen LogP contribution in [0.5, 0.6) is 0 Å². The van der Waals surface area contributed by atoms with Crippen molar-refractivity contribution in [1.82, 2.24) is 15.1 Å². The minimum atomic E-state index is 0.113. The maximum atomic E-state index is 12.4. The van der Waals surface area contributed by atoms with Gasteiger partial charge in [0.2, 0.25) is 5.91 Å². The van der Waals surface area contributed by atoms with Crippen molar-refractivity contribution in [3.63, 3.8) is 0 Å². The first-order valence-corrected chi connectivity index (χ1v) is 7.35. The molecule has 1 N–H and O–H groups in total. The number of hydrogen-bond acceptors (Lipinski definition) is 3. The molecule has 110 valence electrons. The Morgan fingerprint density at radius 2 is 2.15 bits per heavy atom. The minimum absolute atomic E-state index is 0.113. The van der Waals surface area contributed by atoms with Crippen molar-refractivity contribution in [2.75, 3.05) is 33.2 Å². The Morgan fingerprint density at radius 1 is 1.45 bits per heavy atom. The van der Waals surface area contributed by atoms with Crippen molar-refractivity contribution in [3.05, 3.63) is 35.9 Å². The maximum Gasteiger partial charge on any atom is 0.237 e. The Balaban J connectivity index is 1.94. The van der Waals surface area contributed by atoms with Crippen molar-refractivity contribution < 1.29 is 4.79 Å². The summed E-state index contributed by atoms with van der Waals surface area (Å²) >= 11 is 0. The van der Waals surface area contributed by atoms with Crippen molar-refractivity contribution in [2.45, 2.75) is 25.9 Å². The summed E-state index contributed by atoms with van der Waals surface area (Å²) in [5.74, 6) is 0.190. The summed E-state index contributed by atoms with van der Waals surface area (Å²) in [4.78, 5) is 16.5. The summed E-state index contributed by atoms with van der Waals surface area (Å²) in [6.07, 6.45) is 0. The number of carbonyl (C=O) groups is 1. The highest BCUT2D eigenvalue weighted by molar-refractivity contribution is 5.78. The predicted octanol–water partition coefficient (Wildman–Crippen LogP) is 1.50. The molecule has 2 rings (SSSR count). The first-order chi connectivity index (χ1) is 9.59. The molecule has 1 aromatic rings. The number of rotatable bonds is 4. The summed E-state index contributed by atoms with van der Waals surface area (Å²) < 4.78 is 0. The summed E-state index contributed by atoms with van der Waals surface area (Å²) in [6, 6.07) is 10.7. The van der Waals surface area contributed by atoms with Gasteiger partial charge in [0.1, 0.15) is 0 Å². The molecule has 1 amide bonds. The molecule has 4 nitrogen and oxygen atoms in total. The van der Waals surface area contributed by atoms with Crippen LogP contribution in [0.4, 0.5) is 0 Å². The Bertz CT molecular complexity index is 435. The summed E-state index contributed by atoms with van der Waals surface area (Å²) in [7, 11) is 1.90. The number of likely N-dealkylation sites (N-methyl/N-ethyl adjacent to an activating group) is 1. The van der Waals surface area contributed by atoms with E-state index in [0.717, 1.165) is 19.6 Å². The molecular formula is C16H25N3O. The third kappa shape index (κ3) is 3.58. The number of benzene rings is 1. The van der Waals surface area contributed by atoms with E-state index in [4.69, 9.17) is 0 Å². The SMILES string of the molecule is CC(c1ccccc1)N(C)C(=O)CN1CCNC[C@@H]1C. The molecule has 1 saturated heterocycles. The Morgan fingerprint density at radius 3 is 2.80 bits per heavy atom. The number of amides is 1. The number of piperazine rings is 1. The second-order valence-electron chi connectivity index (χ2n) is 5.61. The van der Waals surface area contributed by atoms with Gasteiger partial charge in [0.15, 0.2) is 0 Å². The Labute approximate surface area is 121 Å². The van der Waals surface area contributed by atoms with Gasteiger partial charge in [-0.2, -0.15) is 0 Å². The lowest BCUT2D eigenvalue weighted by molar-refractivity contribution is -0.133. The van der Waals surface area contributed by atoms with E-state index in [9.17, 15) is 4.79 Å². The molecule has 0 saturated carbocycles. The lowest BCUT2D eigenvalue weighted by Gasteiger charge is -2.35. The van der Waals surface area contributed by atoms with Gasteiger partial charge in [-0.25, -0.2) is 0 Å². The normalized spacial score (nSPS) is 21.4.